The van der Waals surface area contributed by atoms with Crippen molar-refractivity contribution in [1.82, 2.24) is 25.2 Å². The fourth-order valence-corrected chi connectivity index (χ4v) is 10.9. The van der Waals surface area contributed by atoms with E-state index in [-0.39, 0.29) is 54.6 Å². The molecule has 15 nitrogen and oxygen atoms in total. The molecule has 4 fully saturated rings. The molecule has 0 bridgehead atoms. The van der Waals surface area contributed by atoms with Gasteiger partial charge < -0.3 is 34.5 Å². The minimum atomic E-state index is -4.03. The summed E-state index contributed by atoms with van der Waals surface area (Å²) in [6, 6.07) is 5.23. The summed E-state index contributed by atoms with van der Waals surface area (Å²) >= 11 is 0. The van der Waals surface area contributed by atoms with Gasteiger partial charge in [0.1, 0.15) is 29.5 Å². The van der Waals surface area contributed by atoms with Crippen molar-refractivity contribution in [3.05, 3.63) is 42.6 Å². The molecule has 342 valence electrons. The van der Waals surface area contributed by atoms with Crippen LogP contribution in [-0.4, -0.2) is 103 Å². The molecule has 0 radical (unpaired) electrons. The third-order valence-electron chi connectivity index (χ3n) is 13.3. The zero-order chi connectivity index (χ0) is 44.3. The number of rotatable bonds is 11. The van der Waals surface area contributed by atoms with Crippen molar-refractivity contribution in [2.24, 2.45) is 23.7 Å². The first-order valence-electron chi connectivity index (χ1n) is 22.1. The van der Waals surface area contributed by atoms with Gasteiger partial charge in [-0.3, -0.25) is 19.1 Å². The summed E-state index contributed by atoms with van der Waals surface area (Å²) in [5.74, 6) is -1.78. The monoisotopic (exact) mass is 873 g/mol. The summed E-state index contributed by atoms with van der Waals surface area (Å²) in [6.07, 6.45) is 8.21. The van der Waals surface area contributed by atoms with Gasteiger partial charge in [0, 0.05) is 27.4 Å². The summed E-state index contributed by atoms with van der Waals surface area (Å²) in [4.78, 5) is 63.5. The lowest BCUT2D eigenvalue weighted by molar-refractivity contribution is -0.200. The summed E-state index contributed by atoms with van der Waals surface area (Å²) in [6.45, 7) is 14.3. The van der Waals surface area contributed by atoms with Crippen LogP contribution in [0.1, 0.15) is 111 Å². The average molecular weight is 874 g/mol. The highest BCUT2D eigenvalue weighted by Gasteiger charge is 2.63. The molecule has 1 aromatic carbocycles. The van der Waals surface area contributed by atoms with Crippen LogP contribution in [0.5, 0.6) is 11.6 Å². The Hall–Kier alpha value is -4.44. The Morgan fingerprint density at radius 2 is 1.80 bits per heavy atom. The van der Waals surface area contributed by atoms with Crippen molar-refractivity contribution in [2.75, 3.05) is 26.9 Å². The van der Waals surface area contributed by atoms with Crippen molar-refractivity contribution < 1.29 is 50.8 Å². The molecule has 2 saturated heterocycles. The number of carbonyl (C=O) groups excluding carboxylic acids is 4. The van der Waals surface area contributed by atoms with E-state index in [1.807, 2.05) is 78.0 Å². The third kappa shape index (κ3) is 9.35. The van der Waals surface area contributed by atoms with Crippen molar-refractivity contribution in [3.8, 4) is 11.6 Å². The lowest BCUT2D eigenvalue weighted by Gasteiger charge is -2.44. The van der Waals surface area contributed by atoms with E-state index >= 15 is 4.79 Å². The molecule has 3 N–H and O–H groups in total. The van der Waals surface area contributed by atoms with E-state index in [1.165, 1.54) is 4.90 Å². The Labute approximate surface area is 364 Å². The SMILES string of the molecule is CC.CCCC1(S(=O)(=O)NC(=O)[C@@]23C[C@H]2/C=C\CC[C@@H](C)C[C@@H](C)[C@H](NC(=O)OC2(C(C)C)COC2)C(=O)N2C[C@H](Oc4ncc(OC)c5ccccc45)C[C@H]2C(=O)N3)CC1.[HH].[HH].[HH]. The predicted octanol–water partition coefficient (Wildman–Crippen LogP) is 6.54. The van der Waals surface area contributed by atoms with Crippen molar-refractivity contribution in [1.29, 1.82) is 0 Å². The van der Waals surface area contributed by atoms with Gasteiger partial charge in [-0.05, 0) is 68.8 Å². The summed E-state index contributed by atoms with van der Waals surface area (Å²) in [5, 5.41) is 7.28. The van der Waals surface area contributed by atoms with Gasteiger partial charge in [0.25, 0.3) is 5.91 Å². The highest BCUT2D eigenvalue weighted by Crippen LogP contribution is 2.49. The summed E-state index contributed by atoms with van der Waals surface area (Å²) in [5.41, 5.74) is -2.36. The molecule has 7 atom stereocenters. The van der Waals surface area contributed by atoms with Crippen molar-refractivity contribution >= 4 is 44.6 Å². The number of sulfonamides is 1. The maximum atomic E-state index is 15.0. The highest BCUT2D eigenvalue weighted by atomic mass is 32.2. The second kappa shape index (κ2) is 18.5. The molecule has 4 heterocycles. The number of benzene rings is 1. The van der Waals surface area contributed by atoms with E-state index in [2.05, 4.69) is 27.3 Å². The van der Waals surface area contributed by atoms with E-state index in [9.17, 15) is 22.8 Å². The Morgan fingerprint density at radius 1 is 1.10 bits per heavy atom. The van der Waals surface area contributed by atoms with Crippen molar-refractivity contribution in [2.45, 2.75) is 140 Å². The number of pyridine rings is 1. The lowest BCUT2D eigenvalue weighted by atomic mass is 9.87. The molecule has 4 amide bonds. The van der Waals surface area contributed by atoms with Gasteiger partial charge in [-0.15, -0.1) is 0 Å². The number of carbonyl (C=O) groups is 4. The van der Waals surface area contributed by atoms with Gasteiger partial charge in [0.15, 0.2) is 5.60 Å². The van der Waals surface area contributed by atoms with Crippen LogP contribution in [0.25, 0.3) is 10.8 Å². The van der Waals surface area contributed by atoms with Crippen LogP contribution in [0.4, 0.5) is 4.79 Å². The largest absolute Gasteiger partial charge is 0.494 e. The molecule has 1 aromatic heterocycles. The van der Waals surface area contributed by atoms with Gasteiger partial charge in [-0.1, -0.05) is 85.2 Å². The first-order valence-corrected chi connectivity index (χ1v) is 23.6. The predicted molar refractivity (Wildman–Crippen MR) is 237 cm³/mol. The van der Waals surface area contributed by atoms with Gasteiger partial charge in [-0.25, -0.2) is 18.2 Å². The van der Waals surface area contributed by atoms with Gasteiger partial charge in [0.2, 0.25) is 27.7 Å². The second-order valence-electron chi connectivity index (χ2n) is 17.8. The number of hydrogen-bond acceptors (Lipinski definition) is 11. The quantitative estimate of drug-likeness (QED) is 0.208. The fraction of sp³-hybridized carbons (Fsp3) is 0.667. The molecule has 0 unspecified atom stereocenters. The normalized spacial score (nSPS) is 29.8. The molecular formula is C45H71N5O10S. The maximum absolute atomic E-state index is 15.0. The standard InChI is InChI=1S/C43H59N5O10S.C2H6.3H2/c1-7-16-41(17-18-41)59(53,54)47-39(51)43-21-29(43)13-9-8-12-27(4)19-28(5)35(45-40(52)58-42(26(2)3)24-56-25-42)38(50)48-23-30(20-33(48)36(49)46-43)57-37-32-15-11-10-14-31(32)34(55-6)22-44-37;1-2;;;/h9-11,13-15,22,26-30,33,35H,7-8,12,16-21,23-25H2,1-6H3,(H,45,52)(H,46,49)(H,47,51);1-2H3;3*1H/b13-9-;;;;/t27-,28-,29-,30-,33+,35+,43-;;;;/m1..../s1. The average Bonchev–Trinajstić information content (AvgIpc) is 4.11. The number of fused-ring (bicyclic) bond motifs is 3. The number of ether oxygens (including phenoxy) is 4. The number of hydrogen-bond donors (Lipinski definition) is 3. The first kappa shape index (κ1) is 46.1. The van der Waals surface area contributed by atoms with E-state index < -0.39 is 73.8 Å². The Bertz CT molecular complexity index is 2100. The number of nitrogens with one attached hydrogen (secondary N) is 3. The van der Waals surface area contributed by atoms with Crippen LogP contribution in [0, 0.1) is 23.7 Å². The zero-order valence-electron chi connectivity index (χ0n) is 37.0. The van der Waals surface area contributed by atoms with Crippen LogP contribution in [-0.2, 0) is 33.9 Å². The molecule has 2 aliphatic carbocycles. The fourth-order valence-electron chi connectivity index (χ4n) is 9.09. The van der Waals surface area contributed by atoms with E-state index in [4.69, 9.17) is 18.9 Å². The molecule has 2 saturated carbocycles. The number of aromatic nitrogens is 1. The number of amides is 4. The lowest BCUT2D eigenvalue weighted by Crippen LogP contribution is -2.61. The Kier molecular flexibility index (Phi) is 14.0. The smallest absolute Gasteiger partial charge is 0.408 e. The third-order valence-corrected chi connectivity index (χ3v) is 15.5. The number of alkyl carbamates (subject to hydrolysis) is 1. The van der Waals surface area contributed by atoms with E-state index in [0.29, 0.717) is 55.5 Å². The minimum Gasteiger partial charge on any atom is -0.494 e. The van der Waals surface area contributed by atoms with Gasteiger partial charge in [-0.2, -0.15) is 0 Å². The van der Waals surface area contributed by atoms with Crippen LogP contribution in [0.2, 0.25) is 0 Å². The van der Waals surface area contributed by atoms with Crippen LogP contribution < -0.4 is 24.8 Å². The molecular weight excluding hydrogens is 803 g/mol. The van der Waals surface area contributed by atoms with Gasteiger partial charge >= 0.3 is 6.09 Å². The minimum absolute atomic E-state index is 0. The Balaban J connectivity index is 0.00000215. The van der Waals surface area contributed by atoms with Crippen LogP contribution in [0.3, 0.4) is 0 Å². The van der Waals surface area contributed by atoms with Crippen LogP contribution in [0.15, 0.2) is 42.6 Å². The van der Waals surface area contributed by atoms with E-state index in [0.717, 1.165) is 11.8 Å². The zero-order valence-corrected chi connectivity index (χ0v) is 37.8. The summed E-state index contributed by atoms with van der Waals surface area (Å²) in [7, 11) is -2.48. The van der Waals surface area contributed by atoms with Gasteiger partial charge in [0.05, 0.1) is 37.8 Å². The van der Waals surface area contributed by atoms with E-state index in [1.54, 1.807) is 13.3 Å². The Morgan fingerprint density at radius 3 is 2.43 bits per heavy atom. The van der Waals surface area contributed by atoms with Crippen molar-refractivity contribution in [3.63, 3.8) is 0 Å². The number of allylic oxidation sites excluding steroid dienone is 1. The second-order valence-corrected chi connectivity index (χ2v) is 19.9. The maximum Gasteiger partial charge on any atom is 0.408 e. The molecule has 7 rings (SSSR count). The molecule has 16 heteroatoms. The molecule has 61 heavy (non-hydrogen) atoms. The number of methoxy groups -OCH3 is 1. The first-order chi connectivity index (χ1) is 29.1. The highest BCUT2D eigenvalue weighted by molar-refractivity contribution is 7.91. The molecule has 5 aliphatic rings. The molecule has 0 spiro atoms. The van der Waals surface area contributed by atoms with Crippen LogP contribution >= 0.6 is 0 Å². The number of nitrogens with zero attached hydrogens (tertiary/aromatic N) is 2. The summed E-state index contributed by atoms with van der Waals surface area (Å²) < 4.78 is 52.0. The molecule has 3 aliphatic heterocycles. The molecule has 2 aromatic rings. The topological polar surface area (TPSA) is 192 Å².